The molecule has 0 unspecified atom stereocenters. The molecule has 114 valence electrons. The smallest absolute Gasteiger partial charge is 0.335 e. The van der Waals surface area contributed by atoms with Gasteiger partial charge < -0.3 is 9.67 Å². The Hall–Kier alpha value is -1.49. The summed E-state index contributed by atoms with van der Waals surface area (Å²) in [5.74, 6) is 0.0391. The van der Waals surface area contributed by atoms with E-state index in [9.17, 15) is 9.90 Å². The van der Waals surface area contributed by atoms with Gasteiger partial charge in [-0.1, -0.05) is 13.8 Å². The van der Waals surface area contributed by atoms with Gasteiger partial charge in [0, 0.05) is 11.3 Å². The van der Waals surface area contributed by atoms with Crippen LogP contribution < -0.4 is 0 Å². The highest BCUT2D eigenvalue weighted by Crippen LogP contribution is 2.34. The van der Waals surface area contributed by atoms with Gasteiger partial charge in [-0.05, 0) is 44.2 Å². The summed E-state index contributed by atoms with van der Waals surface area (Å²) in [6, 6.07) is 5.14. The summed E-state index contributed by atoms with van der Waals surface area (Å²) in [4.78, 5) is 15.7. The molecule has 0 aliphatic carbocycles. The third kappa shape index (κ3) is 2.93. The molecule has 1 aromatic carbocycles. The van der Waals surface area contributed by atoms with Crippen LogP contribution >= 0.6 is 11.8 Å². The van der Waals surface area contributed by atoms with Crippen molar-refractivity contribution < 1.29 is 9.90 Å². The Morgan fingerprint density at radius 2 is 2.05 bits per heavy atom. The van der Waals surface area contributed by atoms with Gasteiger partial charge >= 0.3 is 5.97 Å². The number of carboxylic acids is 1. The molecule has 0 saturated carbocycles. The molecule has 21 heavy (non-hydrogen) atoms. The molecule has 4 nitrogen and oxygen atoms in total. The van der Waals surface area contributed by atoms with Gasteiger partial charge in [-0.15, -0.1) is 0 Å². The minimum absolute atomic E-state index is 0.164. The van der Waals surface area contributed by atoms with Crippen molar-refractivity contribution in [3.05, 3.63) is 29.6 Å². The highest BCUT2D eigenvalue weighted by atomic mass is 32.2. The molecule has 1 heterocycles. The molecule has 2 aromatic rings. The van der Waals surface area contributed by atoms with Crippen LogP contribution in [0.1, 0.15) is 42.9 Å². The molecule has 1 N–H and O–H groups in total. The number of benzene rings is 1. The Morgan fingerprint density at radius 3 is 2.57 bits per heavy atom. The number of aromatic carboxylic acids is 1. The van der Waals surface area contributed by atoms with Crippen LogP contribution in [0.2, 0.25) is 0 Å². The van der Waals surface area contributed by atoms with E-state index < -0.39 is 5.97 Å². The average Bonchev–Trinajstić information content (AvgIpc) is 2.79. The lowest BCUT2D eigenvalue weighted by atomic mass is 10.0. The van der Waals surface area contributed by atoms with Crippen LogP contribution in [0.15, 0.2) is 18.2 Å². The molecular formula is C16H22N2O2S. The second-order valence-electron chi connectivity index (χ2n) is 5.35. The molecule has 0 saturated heterocycles. The Morgan fingerprint density at radius 1 is 1.38 bits per heavy atom. The first-order chi connectivity index (χ1) is 9.96. The SMILES string of the molecule is CCC(CC)(Cn1c(C)nc2ccc(C(=O)O)cc21)SC. The minimum atomic E-state index is -0.899. The Kier molecular flexibility index (Phi) is 4.61. The summed E-state index contributed by atoms with van der Waals surface area (Å²) in [5.41, 5.74) is 2.08. The fourth-order valence-corrected chi connectivity index (χ4v) is 3.53. The lowest BCUT2D eigenvalue weighted by Crippen LogP contribution is -2.29. The number of thioether (sulfide) groups is 1. The van der Waals surface area contributed by atoms with Crippen molar-refractivity contribution in [3.63, 3.8) is 0 Å². The quantitative estimate of drug-likeness (QED) is 0.877. The van der Waals surface area contributed by atoms with Crippen LogP contribution in [0.5, 0.6) is 0 Å². The van der Waals surface area contributed by atoms with E-state index >= 15 is 0 Å². The van der Waals surface area contributed by atoms with Gasteiger partial charge in [0.1, 0.15) is 5.82 Å². The largest absolute Gasteiger partial charge is 0.478 e. The number of hydrogen-bond donors (Lipinski definition) is 1. The zero-order valence-corrected chi connectivity index (χ0v) is 13.8. The first-order valence-corrected chi connectivity index (χ1v) is 8.44. The second-order valence-corrected chi connectivity index (χ2v) is 6.62. The number of hydrogen-bond acceptors (Lipinski definition) is 3. The normalized spacial score (nSPS) is 12.0. The van der Waals surface area contributed by atoms with E-state index in [1.54, 1.807) is 18.2 Å². The van der Waals surface area contributed by atoms with Crippen molar-refractivity contribution in [3.8, 4) is 0 Å². The first kappa shape index (κ1) is 15.9. The highest BCUT2D eigenvalue weighted by Gasteiger charge is 2.27. The van der Waals surface area contributed by atoms with Crippen LogP contribution in [-0.4, -0.2) is 31.6 Å². The van der Waals surface area contributed by atoms with Crippen LogP contribution in [0.25, 0.3) is 11.0 Å². The molecule has 0 fully saturated rings. The molecule has 0 bridgehead atoms. The maximum Gasteiger partial charge on any atom is 0.335 e. The van der Waals surface area contributed by atoms with Gasteiger partial charge in [0.05, 0.1) is 16.6 Å². The van der Waals surface area contributed by atoms with E-state index in [1.165, 1.54) is 0 Å². The van der Waals surface area contributed by atoms with E-state index in [4.69, 9.17) is 0 Å². The van der Waals surface area contributed by atoms with Gasteiger partial charge in [0.25, 0.3) is 0 Å². The van der Waals surface area contributed by atoms with Crippen molar-refractivity contribution in [2.45, 2.75) is 44.9 Å². The van der Waals surface area contributed by atoms with E-state index in [-0.39, 0.29) is 4.75 Å². The molecule has 0 atom stereocenters. The van der Waals surface area contributed by atoms with Crippen molar-refractivity contribution in [1.29, 1.82) is 0 Å². The predicted octanol–water partition coefficient (Wildman–Crippen LogP) is 3.96. The summed E-state index contributed by atoms with van der Waals surface area (Å²) < 4.78 is 2.32. The number of aromatic nitrogens is 2. The fraction of sp³-hybridized carbons (Fsp3) is 0.500. The van der Waals surface area contributed by atoms with Crippen molar-refractivity contribution in [1.82, 2.24) is 9.55 Å². The van der Waals surface area contributed by atoms with Crippen molar-refractivity contribution >= 4 is 28.8 Å². The van der Waals surface area contributed by atoms with E-state index in [0.717, 1.165) is 36.2 Å². The maximum atomic E-state index is 11.2. The topological polar surface area (TPSA) is 55.1 Å². The zero-order valence-electron chi connectivity index (χ0n) is 13.0. The van der Waals surface area contributed by atoms with Crippen molar-refractivity contribution in [2.75, 3.05) is 6.26 Å². The number of carbonyl (C=O) groups is 1. The molecule has 0 spiro atoms. The molecule has 2 rings (SSSR count). The molecule has 0 aliphatic rings. The number of nitrogens with zero attached hydrogens (tertiary/aromatic N) is 2. The number of fused-ring (bicyclic) bond motifs is 1. The standard InChI is InChI=1S/C16H22N2O2S/c1-5-16(6-2,21-4)10-18-11(3)17-13-8-7-12(15(19)20)9-14(13)18/h7-9H,5-6,10H2,1-4H3,(H,19,20). The Bertz CT molecular complexity index is 651. The summed E-state index contributed by atoms with van der Waals surface area (Å²) in [5, 5.41) is 9.18. The monoisotopic (exact) mass is 306 g/mol. The summed E-state index contributed by atoms with van der Waals surface area (Å²) in [6.07, 6.45) is 4.29. The lowest BCUT2D eigenvalue weighted by molar-refractivity contribution is 0.0697. The minimum Gasteiger partial charge on any atom is -0.478 e. The summed E-state index contributed by atoms with van der Waals surface area (Å²) in [6.45, 7) is 7.25. The molecular weight excluding hydrogens is 284 g/mol. The van der Waals surface area contributed by atoms with Gasteiger partial charge in [-0.3, -0.25) is 0 Å². The average molecular weight is 306 g/mol. The highest BCUT2D eigenvalue weighted by molar-refractivity contribution is 8.00. The summed E-state index contributed by atoms with van der Waals surface area (Å²) >= 11 is 1.88. The van der Waals surface area contributed by atoms with E-state index in [1.807, 2.05) is 18.7 Å². The van der Waals surface area contributed by atoms with Crippen molar-refractivity contribution in [2.24, 2.45) is 0 Å². The van der Waals surface area contributed by atoms with Crippen LogP contribution in [0.4, 0.5) is 0 Å². The van der Waals surface area contributed by atoms with Gasteiger partial charge in [-0.2, -0.15) is 11.8 Å². The zero-order chi connectivity index (χ0) is 15.6. The Balaban J connectivity index is 2.54. The number of aryl methyl sites for hydroxylation is 1. The van der Waals surface area contributed by atoms with Gasteiger partial charge in [-0.25, -0.2) is 9.78 Å². The lowest BCUT2D eigenvalue weighted by Gasteiger charge is -2.30. The van der Waals surface area contributed by atoms with Crippen LogP contribution in [0.3, 0.4) is 0 Å². The van der Waals surface area contributed by atoms with Crippen LogP contribution in [-0.2, 0) is 6.54 Å². The summed E-state index contributed by atoms with van der Waals surface area (Å²) in [7, 11) is 0. The third-order valence-electron chi connectivity index (χ3n) is 4.35. The van der Waals surface area contributed by atoms with Gasteiger partial charge in [0.15, 0.2) is 0 Å². The van der Waals surface area contributed by atoms with E-state index in [2.05, 4.69) is 29.7 Å². The molecule has 0 amide bonds. The molecule has 0 aliphatic heterocycles. The Labute approximate surface area is 129 Å². The fourth-order valence-electron chi connectivity index (χ4n) is 2.69. The number of rotatable bonds is 6. The predicted molar refractivity (Wildman–Crippen MR) is 88.3 cm³/mol. The number of carboxylic acid groups (broad SMARTS) is 1. The molecule has 1 aromatic heterocycles. The molecule has 5 heteroatoms. The number of imidazole rings is 1. The van der Waals surface area contributed by atoms with E-state index in [0.29, 0.717) is 5.56 Å². The molecule has 0 radical (unpaired) electrons. The third-order valence-corrected chi connectivity index (χ3v) is 5.93. The first-order valence-electron chi connectivity index (χ1n) is 7.21. The van der Waals surface area contributed by atoms with Gasteiger partial charge in [0.2, 0.25) is 0 Å². The van der Waals surface area contributed by atoms with Crippen LogP contribution in [0, 0.1) is 6.92 Å². The second kappa shape index (κ2) is 6.10. The maximum absolute atomic E-state index is 11.2.